The second-order valence-electron chi connectivity index (χ2n) is 5.23. The standard InChI is InChI=1S/C15H21FO/c1-11-10-14(16)6-7-15(11)13-4-2-12(3-5-13)8-9-17/h6-7,10,12-13,17H,2-5,8-9H2,1H3. The molecule has 0 saturated heterocycles. The molecule has 1 N–H and O–H groups in total. The summed E-state index contributed by atoms with van der Waals surface area (Å²) in [7, 11) is 0. The molecule has 2 heteroatoms. The highest BCUT2D eigenvalue weighted by molar-refractivity contribution is 5.30. The first kappa shape index (κ1) is 12.6. The van der Waals surface area contributed by atoms with E-state index in [1.54, 1.807) is 12.1 Å². The zero-order valence-corrected chi connectivity index (χ0v) is 10.5. The minimum absolute atomic E-state index is 0.139. The fourth-order valence-electron chi connectivity index (χ4n) is 3.04. The quantitative estimate of drug-likeness (QED) is 0.846. The Kier molecular flexibility index (Phi) is 4.16. The van der Waals surface area contributed by atoms with Crippen LogP contribution in [0, 0.1) is 18.7 Å². The van der Waals surface area contributed by atoms with Gasteiger partial charge in [0.15, 0.2) is 0 Å². The molecular formula is C15H21FO. The normalized spacial score (nSPS) is 24.9. The molecule has 1 aliphatic rings. The van der Waals surface area contributed by atoms with E-state index in [9.17, 15) is 4.39 Å². The highest BCUT2D eigenvalue weighted by atomic mass is 19.1. The monoisotopic (exact) mass is 236 g/mol. The van der Waals surface area contributed by atoms with Crippen molar-refractivity contribution in [2.24, 2.45) is 5.92 Å². The van der Waals surface area contributed by atoms with Crippen LogP contribution in [0.25, 0.3) is 0 Å². The third kappa shape index (κ3) is 3.06. The zero-order valence-electron chi connectivity index (χ0n) is 10.5. The Balaban J connectivity index is 2.00. The molecule has 1 aromatic rings. The fourth-order valence-corrected chi connectivity index (χ4v) is 3.04. The number of aliphatic hydroxyl groups is 1. The largest absolute Gasteiger partial charge is 0.396 e. The lowest BCUT2D eigenvalue weighted by Crippen LogP contribution is -2.15. The summed E-state index contributed by atoms with van der Waals surface area (Å²) < 4.78 is 13.0. The van der Waals surface area contributed by atoms with Gasteiger partial charge >= 0.3 is 0 Å². The summed E-state index contributed by atoms with van der Waals surface area (Å²) >= 11 is 0. The van der Waals surface area contributed by atoms with E-state index in [-0.39, 0.29) is 5.82 Å². The van der Waals surface area contributed by atoms with Gasteiger partial charge in [0.05, 0.1) is 0 Å². The van der Waals surface area contributed by atoms with Crippen LogP contribution < -0.4 is 0 Å². The molecule has 0 aromatic heterocycles. The van der Waals surface area contributed by atoms with Crippen molar-refractivity contribution in [2.75, 3.05) is 6.61 Å². The van der Waals surface area contributed by atoms with Gasteiger partial charge in [-0.1, -0.05) is 6.07 Å². The van der Waals surface area contributed by atoms with Gasteiger partial charge in [0.25, 0.3) is 0 Å². The van der Waals surface area contributed by atoms with E-state index in [1.165, 1.54) is 31.2 Å². The Labute approximate surface area is 103 Å². The second kappa shape index (κ2) is 5.63. The number of hydrogen-bond donors (Lipinski definition) is 1. The van der Waals surface area contributed by atoms with Crippen molar-refractivity contribution in [1.82, 2.24) is 0 Å². The SMILES string of the molecule is Cc1cc(F)ccc1C1CCC(CCO)CC1. The van der Waals surface area contributed by atoms with Crippen LogP contribution in [0.2, 0.25) is 0 Å². The van der Waals surface area contributed by atoms with Gasteiger partial charge in [-0.05, 0) is 74.1 Å². The van der Waals surface area contributed by atoms with Crippen LogP contribution in [0.5, 0.6) is 0 Å². The molecule has 94 valence electrons. The van der Waals surface area contributed by atoms with Crippen molar-refractivity contribution >= 4 is 0 Å². The molecule has 0 heterocycles. The number of aliphatic hydroxyl groups excluding tert-OH is 1. The molecule has 1 saturated carbocycles. The van der Waals surface area contributed by atoms with Gasteiger partial charge < -0.3 is 5.11 Å². The predicted octanol–water partition coefficient (Wildman–Crippen LogP) is 3.79. The second-order valence-corrected chi connectivity index (χ2v) is 5.23. The Hall–Kier alpha value is -0.890. The van der Waals surface area contributed by atoms with Gasteiger partial charge in [-0.2, -0.15) is 0 Å². The van der Waals surface area contributed by atoms with Crippen molar-refractivity contribution in [3.05, 3.63) is 35.1 Å². The van der Waals surface area contributed by atoms with Crippen LogP contribution in [0.15, 0.2) is 18.2 Å². The maximum atomic E-state index is 13.0. The van der Waals surface area contributed by atoms with Crippen molar-refractivity contribution < 1.29 is 9.50 Å². The number of benzene rings is 1. The van der Waals surface area contributed by atoms with E-state index in [4.69, 9.17) is 5.11 Å². The Morgan fingerprint density at radius 2 is 1.94 bits per heavy atom. The maximum Gasteiger partial charge on any atom is 0.123 e. The number of rotatable bonds is 3. The summed E-state index contributed by atoms with van der Waals surface area (Å²) in [5, 5.41) is 8.93. The lowest BCUT2D eigenvalue weighted by atomic mass is 9.77. The molecule has 0 unspecified atom stereocenters. The average molecular weight is 236 g/mol. The van der Waals surface area contributed by atoms with Crippen LogP contribution >= 0.6 is 0 Å². The minimum Gasteiger partial charge on any atom is -0.396 e. The van der Waals surface area contributed by atoms with E-state index >= 15 is 0 Å². The summed E-state index contributed by atoms with van der Waals surface area (Å²) in [6, 6.07) is 5.15. The Morgan fingerprint density at radius 3 is 2.53 bits per heavy atom. The minimum atomic E-state index is -0.139. The smallest absolute Gasteiger partial charge is 0.123 e. The van der Waals surface area contributed by atoms with Crippen molar-refractivity contribution in [3.8, 4) is 0 Å². The first-order valence-electron chi connectivity index (χ1n) is 6.57. The van der Waals surface area contributed by atoms with Gasteiger partial charge in [-0.3, -0.25) is 0 Å². The molecule has 0 amide bonds. The molecule has 0 aliphatic heterocycles. The zero-order chi connectivity index (χ0) is 12.3. The summed E-state index contributed by atoms with van der Waals surface area (Å²) in [4.78, 5) is 0. The van der Waals surface area contributed by atoms with Crippen LogP contribution in [-0.2, 0) is 0 Å². The van der Waals surface area contributed by atoms with Gasteiger partial charge in [0.1, 0.15) is 5.82 Å². The molecule has 0 radical (unpaired) electrons. The van der Waals surface area contributed by atoms with E-state index in [1.807, 2.05) is 13.0 Å². The Morgan fingerprint density at radius 1 is 1.24 bits per heavy atom. The first-order chi connectivity index (χ1) is 8.20. The lowest BCUT2D eigenvalue weighted by molar-refractivity contribution is 0.222. The molecule has 0 spiro atoms. The van der Waals surface area contributed by atoms with Crippen LogP contribution in [0.1, 0.15) is 49.1 Å². The highest BCUT2D eigenvalue weighted by Crippen LogP contribution is 2.38. The summed E-state index contributed by atoms with van der Waals surface area (Å²) in [5.74, 6) is 1.14. The molecule has 0 bridgehead atoms. The van der Waals surface area contributed by atoms with Gasteiger partial charge in [0, 0.05) is 6.61 Å². The molecule has 1 aromatic carbocycles. The summed E-state index contributed by atoms with van der Waals surface area (Å²) in [6.07, 6.45) is 5.69. The lowest BCUT2D eigenvalue weighted by Gasteiger charge is -2.29. The summed E-state index contributed by atoms with van der Waals surface area (Å²) in [5.41, 5.74) is 2.39. The van der Waals surface area contributed by atoms with Gasteiger partial charge in [-0.15, -0.1) is 0 Å². The average Bonchev–Trinajstić information content (AvgIpc) is 2.31. The molecule has 1 nitrogen and oxygen atoms in total. The van der Waals surface area contributed by atoms with Crippen molar-refractivity contribution in [2.45, 2.75) is 44.9 Å². The number of hydrogen-bond acceptors (Lipinski definition) is 1. The molecule has 17 heavy (non-hydrogen) atoms. The molecule has 2 rings (SSSR count). The third-order valence-corrected chi connectivity index (χ3v) is 4.06. The number of aryl methyl sites for hydroxylation is 1. The predicted molar refractivity (Wildman–Crippen MR) is 67.5 cm³/mol. The topological polar surface area (TPSA) is 20.2 Å². The fraction of sp³-hybridized carbons (Fsp3) is 0.600. The van der Waals surface area contributed by atoms with Crippen LogP contribution in [0.4, 0.5) is 4.39 Å². The van der Waals surface area contributed by atoms with Crippen molar-refractivity contribution in [1.29, 1.82) is 0 Å². The van der Waals surface area contributed by atoms with Gasteiger partial charge in [0.2, 0.25) is 0 Å². The van der Waals surface area contributed by atoms with E-state index < -0.39 is 0 Å². The first-order valence-corrected chi connectivity index (χ1v) is 6.57. The molecule has 1 fully saturated rings. The third-order valence-electron chi connectivity index (χ3n) is 4.06. The van der Waals surface area contributed by atoms with E-state index in [0.717, 1.165) is 12.0 Å². The van der Waals surface area contributed by atoms with Gasteiger partial charge in [-0.25, -0.2) is 4.39 Å². The maximum absolute atomic E-state index is 13.0. The molecular weight excluding hydrogens is 215 g/mol. The highest BCUT2D eigenvalue weighted by Gasteiger charge is 2.22. The molecule has 0 atom stereocenters. The van der Waals surface area contributed by atoms with Crippen LogP contribution in [-0.4, -0.2) is 11.7 Å². The van der Waals surface area contributed by atoms with Crippen molar-refractivity contribution in [3.63, 3.8) is 0 Å². The van der Waals surface area contributed by atoms with Crippen LogP contribution in [0.3, 0.4) is 0 Å². The summed E-state index contributed by atoms with van der Waals surface area (Å²) in [6.45, 7) is 2.31. The van der Waals surface area contributed by atoms with E-state index in [0.29, 0.717) is 18.4 Å². The van der Waals surface area contributed by atoms with E-state index in [2.05, 4.69) is 0 Å². The number of halogens is 1. The Bertz CT molecular complexity index is 367. The molecule has 1 aliphatic carbocycles.